The Morgan fingerprint density at radius 2 is 1.52 bits per heavy atom. The fraction of sp³-hybridized carbons (Fsp3) is 0.438. The summed E-state index contributed by atoms with van der Waals surface area (Å²) in [5.41, 5.74) is 1.61. The fourth-order valence-corrected chi connectivity index (χ4v) is 4.25. The van der Waals surface area contributed by atoms with Crippen LogP contribution in [0.1, 0.15) is 49.9 Å². The van der Waals surface area contributed by atoms with Crippen molar-refractivity contribution in [2.75, 3.05) is 26.3 Å². The number of carbonyl (C=O) groups is 5. The number of amides is 3. The number of ether oxygens (including phenoxy) is 1. The predicted molar refractivity (Wildman–Crippen MR) is 168 cm³/mol. The van der Waals surface area contributed by atoms with Crippen LogP contribution in [0.2, 0.25) is 0 Å². The Kier molecular flexibility index (Phi) is 32.6. The van der Waals surface area contributed by atoms with Crippen molar-refractivity contribution in [2.24, 2.45) is 0 Å². The van der Waals surface area contributed by atoms with Crippen LogP contribution in [0, 0.1) is 13.3 Å². The van der Waals surface area contributed by atoms with Gasteiger partial charge in [-0.1, -0.05) is 24.3 Å². The summed E-state index contributed by atoms with van der Waals surface area (Å²) < 4.78 is 22.1. The molecule has 0 bridgehead atoms. The third-order valence-electron chi connectivity index (χ3n) is 6.66. The zero-order chi connectivity index (χ0) is 37.7. The van der Waals surface area contributed by atoms with Gasteiger partial charge in [0.2, 0.25) is 5.91 Å². The minimum absolute atomic E-state index is 0. The molecule has 2 aromatic heterocycles. The number of hydrogen-bond donors (Lipinski definition) is 6. The first-order chi connectivity index (χ1) is 24.1. The molecule has 3 amide bonds. The van der Waals surface area contributed by atoms with Gasteiger partial charge in [0.1, 0.15) is 12.1 Å². The Hall–Kier alpha value is -4.34. The minimum Gasteiger partial charge on any atom is 0 e. The number of carboxylic acid groups (broad SMARTS) is 3. The van der Waals surface area contributed by atoms with E-state index in [1.54, 1.807) is 18.5 Å². The summed E-state index contributed by atoms with van der Waals surface area (Å²) in [7, 11) is 0. The van der Waals surface area contributed by atoms with Crippen molar-refractivity contribution < 1.29 is 100 Å². The number of nitrogens with zero attached hydrogens (tertiary/aromatic N) is 3. The van der Waals surface area contributed by atoms with E-state index in [-0.39, 0.29) is 75.7 Å². The standard InChI is InChI=1S/C30H40N6O10.2CO.BrH.Re/c37-21-36-15-6-3-8-23(36)20-35(19-22-7-1-4-13-31-22)16-18-46-17-12-26(38)32-14-5-2-9-24(28(41)42)33-30(45)34-25(29(43)44)10-11-27(39)40;2*1-2;;/h1,3-4,6-8,13,15,24-25H,2,5,9-12,14,16-20H2,(H,32,38)(H,39,40)(H,41,42)(H,43,44)(H2,33,34,45);;;1H;/p-1/t24-,25-;;;;/m0..../s1. The Labute approximate surface area is 324 Å². The van der Waals surface area contributed by atoms with E-state index in [0.29, 0.717) is 39.1 Å². The molecule has 6 N–H and O–H groups in total. The number of nitrogens with one attached hydrogen (secondary N) is 3. The van der Waals surface area contributed by atoms with Crippen LogP contribution in [-0.2, 0) is 71.5 Å². The number of hydrogen-bond acceptors (Lipinski definition) is 9. The summed E-state index contributed by atoms with van der Waals surface area (Å²) in [6.45, 7) is 11.3. The van der Waals surface area contributed by atoms with E-state index < -0.39 is 42.4 Å². The topological polar surface area (TPSA) is 268 Å². The van der Waals surface area contributed by atoms with Gasteiger partial charge < -0.3 is 53.0 Å². The number of aliphatic carboxylic acids is 3. The molecule has 0 aromatic carbocycles. The Morgan fingerprint density at radius 3 is 2.10 bits per heavy atom. The van der Waals surface area contributed by atoms with Crippen molar-refractivity contribution in [3.05, 3.63) is 73.5 Å². The molecule has 2 rings (SSSR count). The average Bonchev–Trinajstić information content (AvgIpc) is 3.11. The molecular weight excluding hydrogens is 926 g/mol. The SMILES string of the molecule is O=[C-][n+]1ccccc1CN(CCOCCC(=O)NCCCC[C@H](NC(=O)N[C@@H](CCC(=O)O)C(=O)O)C(=O)O)Cc1ccccn1.[Br-].[C-]#[O+].[C-]#[O+].[Re]. The summed E-state index contributed by atoms with van der Waals surface area (Å²) in [5, 5.41) is 34.2. The summed E-state index contributed by atoms with van der Waals surface area (Å²) in [6.07, 6.45) is 5.28. The molecular formula is C32H40BrN6O12Re-. The summed E-state index contributed by atoms with van der Waals surface area (Å²) in [5.74, 6) is -4.24. The van der Waals surface area contributed by atoms with Crippen molar-refractivity contribution in [1.82, 2.24) is 25.8 Å². The number of unbranched alkanes of at least 4 members (excludes halogenated alkanes) is 1. The summed E-state index contributed by atoms with van der Waals surface area (Å²) >= 11 is 0. The monoisotopic (exact) mass is 966 g/mol. The maximum Gasteiger partial charge on any atom is 0 e. The zero-order valence-corrected chi connectivity index (χ0v) is 32.2. The second kappa shape index (κ2) is 32.6. The minimum atomic E-state index is -1.49. The number of pyridine rings is 2. The molecule has 0 unspecified atom stereocenters. The average molecular weight is 967 g/mol. The molecule has 0 fully saturated rings. The number of halogens is 1. The molecule has 2 aromatic rings. The first-order valence-electron chi connectivity index (χ1n) is 15.1. The van der Waals surface area contributed by atoms with Crippen LogP contribution >= 0.6 is 0 Å². The van der Waals surface area contributed by atoms with Gasteiger partial charge in [0.15, 0.2) is 0 Å². The van der Waals surface area contributed by atoms with Crippen molar-refractivity contribution in [3.8, 4) is 0 Å². The van der Waals surface area contributed by atoms with Crippen LogP contribution in [-0.4, -0.2) is 99.8 Å². The van der Waals surface area contributed by atoms with Crippen LogP contribution < -0.4 is 37.5 Å². The van der Waals surface area contributed by atoms with Crippen molar-refractivity contribution in [1.29, 1.82) is 0 Å². The molecule has 0 spiro atoms. The Morgan fingerprint density at radius 1 is 0.885 bits per heavy atom. The van der Waals surface area contributed by atoms with Crippen molar-refractivity contribution >= 4 is 36.3 Å². The second-order valence-electron chi connectivity index (χ2n) is 10.2. The second-order valence-corrected chi connectivity index (χ2v) is 10.2. The molecule has 1 radical (unpaired) electrons. The first-order valence-corrected chi connectivity index (χ1v) is 15.1. The maximum absolute atomic E-state index is 12.2. The largest absolute Gasteiger partial charge is 0 e. The first kappa shape index (κ1) is 52.0. The van der Waals surface area contributed by atoms with E-state index in [2.05, 4.69) is 39.1 Å². The number of carboxylic acids is 3. The molecule has 285 valence electrons. The molecule has 0 saturated heterocycles. The molecule has 0 aliphatic heterocycles. The number of urea groups is 1. The molecule has 2 heterocycles. The summed E-state index contributed by atoms with van der Waals surface area (Å²) in [6, 6.07) is 7.21. The van der Waals surface area contributed by atoms with Gasteiger partial charge in [-0.15, -0.1) is 0 Å². The van der Waals surface area contributed by atoms with E-state index in [0.717, 1.165) is 11.4 Å². The van der Waals surface area contributed by atoms with Crippen molar-refractivity contribution in [2.45, 2.75) is 63.7 Å². The zero-order valence-electron chi connectivity index (χ0n) is 27.9. The molecule has 20 heteroatoms. The van der Waals surface area contributed by atoms with Crippen LogP contribution in [0.3, 0.4) is 0 Å². The van der Waals surface area contributed by atoms with Gasteiger partial charge in [-0.3, -0.25) is 28.8 Å². The van der Waals surface area contributed by atoms with E-state index >= 15 is 0 Å². The number of aromatic nitrogens is 2. The van der Waals surface area contributed by atoms with Crippen molar-refractivity contribution in [3.63, 3.8) is 0 Å². The van der Waals surface area contributed by atoms with Crippen LogP contribution in [0.15, 0.2) is 48.8 Å². The van der Waals surface area contributed by atoms with Gasteiger partial charge in [0, 0.05) is 65.6 Å². The van der Waals surface area contributed by atoms with Gasteiger partial charge >= 0.3 is 53.0 Å². The van der Waals surface area contributed by atoms with Gasteiger partial charge in [-0.2, -0.15) is 0 Å². The van der Waals surface area contributed by atoms with Gasteiger partial charge in [-0.25, -0.2) is 14.4 Å². The van der Waals surface area contributed by atoms with E-state index in [1.165, 1.54) is 4.57 Å². The fourth-order valence-electron chi connectivity index (χ4n) is 4.25. The predicted octanol–water partition coefficient (Wildman–Crippen LogP) is -3.02. The normalized spacial score (nSPS) is 10.8. The third-order valence-corrected chi connectivity index (χ3v) is 6.66. The summed E-state index contributed by atoms with van der Waals surface area (Å²) in [4.78, 5) is 75.4. The molecule has 0 aliphatic carbocycles. The third kappa shape index (κ3) is 24.0. The van der Waals surface area contributed by atoms with Crippen LogP contribution in [0.4, 0.5) is 4.79 Å². The van der Waals surface area contributed by atoms with Gasteiger partial charge in [0.05, 0.1) is 30.8 Å². The van der Waals surface area contributed by atoms with Crippen LogP contribution in [0.5, 0.6) is 0 Å². The molecule has 18 nitrogen and oxygen atoms in total. The molecule has 52 heavy (non-hydrogen) atoms. The quantitative estimate of drug-likeness (QED) is 0.0282. The van der Waals surface area contributed by atoms with E-state index in [4.69, 9.17) is 24.3 Å². The molecule has 0 saturated carbocycles. The van der Waals surface area contributed by atoms with Gasteiger partial charge in [-0.05, 0) is 37.8 Å². The smallest absolute Gasteiger partial charge is 0 e. The molecule has 0 aliphatic rings. The Balaban J connectivity index is -0.00000386. The molecule has 2 atom stereocenters. The van der Waals surface area contributed by atoms with Crippen LogP contribution in [0.25, 0.3) is 0 Å². The number of rotatable bonds is 23. The van der Waals surface area contributed by atoms with E-state index in [9.17, 15) is 33.9 Å². The number of carbonyl (C=O) groups excluding carboxylic acids is 3. The van der Waals surface area contributed by atoms with E-state index in [1.807, 2.05) is 36.7 Å². The Bertz CT molecular complexity index is 1400. The van der Waals surface area contributed by atoms with Gasteiger partial charge in [0.25, 0.3) is 0 Å². The maximum atomic E-state index is 12.2.